The lowest BCUT2D eigenvalue weighted by atomic mass is 9.95. The second-order valence-electron chi connectivity index (χ2n) is 8.70. The molecule has 2 aromatic heterocycles. The van der Waals surface area contributed by atoms with E-state index in [1.807, 2.05) is 13.8 Å². The van der Waals surface area contributed by atoms with Gasteiger partial charge in [-0.15, -0.1) is 0 Å². The van der Waals surface area contributed by atoms with Gasteiger partial charge in [0, 0.05) is 74.8 Å². The third-order valence-electron chi connectivity index (χ3n) is 6.13. The highest BCUT2D eigenvalue weighted by Gasteiger charge is 2.36. The molecule has 8 nitrogen and oxygen atoms in total. The van der Waals surface area contributed by atoms with E-state index in [-0.39, 0.29) is 23.6 Å². The third kappa shape index (κ3) is 7.17. The number of anilines is 1. The molecule has 12 heteroatoms. The average Bonchev–Trinajstić information content (AvgIpc) is 3.28. The van der Waals surface area contributed by atoms with Gasteiger partial charge in [0.15, 0.2) is 0 Å². The number of aromatic nitrogens is 4. The number of aryl methyl sites for hydroxylation is 1. The molecule has 2 aromatic rings. The first-order valence-corrected chi connectivity index (χ1v) is 12.8. The van der Waals surface area contributed by atoms with Crippen molar-refractivity contribution < 1.29 is 18.0 Å². The zero-order chi connectivity index (χ0) is 25.6. The highest BCUT2D eigenvalue weighted by Crippen LogP contribution is 2.36. The van der Waals surface area contributed by atoms with Gasteiger partial charge in [-0.2, -0.15) is 18.3 Å². The topological polar surface area (TPSA) is 79.2 Å². The van der Waals surface area contributed by atoms with Gasteiger partial charge in [0.25, 0.3) is 0 Å². The maximum absolute atomic E-state index is 13.5. The van der Waals surface area contributed by atoms with E-state index in [2.05, 4.69) is 35.9 Å². The predicted octanol–water partition coefficient (Wildman–Crippen LogP) is 4.66. The van der Waals surface area contributed by atoms with Crippen LogP contribution in [0.2, 0.25) is 0 Å². The molecule has 194 valence electrons. The highest BCUT2D eigenvalue weighted by molar-refractivity contribution is 7.94. The van der Waals surface area contributed by atoms with Crippen molar-refractivity contribution >= 4 is 24.4 Å². The molecule has 2 aliphatic heterocycles. The number of hydrogen-bond donors (Lipinski definition) is 1. The lowest BCUT2D eigenvalue weighted by Crippen LogP contribution is -2.42. The number of alkyl halides is 3. The highest BCUT2D eigenvalue weighted by atomic mass is 32.2. The molecule has 35 heavy (non-hydrogen) atoms. The van der Waals surface area contributed by atoms with Crippen molar-refractivity contribution in [3.05, 3.63) is 24.2 Å². The molecule has 2 unspecified atom stereocenters. The van der Waals surface area contributed by atoms with Gasteiger partial charge in [0.1, 0.15) is 11.8 Å². The Morgan fingerprint density at radius 3 is 2.43 bits per heavy atom. The standard InChI is InChI=1S/C21H28F3N7OS.C2H6/c1-14-9-15(13-32)3-8-31(14)33-30-6-4-17(5-7-30)27-20-25-11-18(21(22,23)24)19(28-20)16-10-26-29(2)12-16;1-2/h10-15,17H,3-9H2,1-2H3,(H,25,27,28);1-2H3. The van der Waals surface area contributed by atoms with Gasteiger partial charge < -0.3 is 10.1 Å². The van der Waals surface area contributed by atoms with Crippen molar-refractivity contribution in [2.45, 2.75) is 64.7 Å². The summed E-state index contributed by atoms with van der Waals surface area (Å²) in [6.45, 7) is 8.74. The summed E-state index contributed by atoms with van der Waals surface area (Å²) in [4.78, 5) is 19.2. The molecule has 4 heterocycles. The van der Waals surface area contributed by atoms with Gasteiger partial charge in [-0.05, 0) is 32.6 Å². The molecule has 0 radical (unpaired) electrons. The Hall–Kier alpha value is -2.18. The molecule has 0 spiro atoms. The number of nitrogens with one attached hydrogen (secondary N) is 1. The Labute approximate surface area is 208 Å². The van der Waals surface area contributed by atoms with E-state index in [4.69, 9.17) is 0 Å². The quantitative estimate of drug-likeness (QED) is 0.441. The largest absolute Gasteiger partial charge is 0.419 e. The van der Waals surface area contributed by atoms with Crippen molar-refractivity contribution in [2.75, 3.05) is 25.0 Å². The summed E-state index contributed by atoms with van der Waals surface area (Å²) in [6, 6.07) is 0.430. The van der Waals surface area contributed by atoms with Crippen LogP contribution >= 0.6 is 12.1 Å². The van der Waals surface area contributed by atoms with Gasteiger partial charge in [-0.25, -0.2) is 18.6 Å². The van der Waals surface area contributed by atoms with Gasteiger partial charge in [0.2, 0.25) is 5.95 Å². The summed E-state index contributed by atoms with van der Waals surface area (Å²) < 4.78 is 46.5. The molecule has 2 saturated heterocycles. The van der Waals surface area contributed by atoms with Gasteiger partial charge in [0.05, 0.1) is 11.9 Å². The van der Waals surface area contributed by atoms with Crippen LogP contribution in [0.3, 0.4) is 0 Å². The van der Waals surface area contributed by atoms with Crippen LogP contribution in [0, 0.1) is 5.92 Å². The first kappa shape index (κ1) is 27.4. The van der Waals surface area contributed by atoms with E-state index >= 15 is 0 Å². The Bertz CT molecular complexity index is 963. The molecule has 2 aliphatic rings. The second-order valence-corrected chi connectivity index (χ2v) is 9.84. The normalized spacial score (nSPS) is 22.4. The molecule has 2 atom stereocenters. The zero-order valence-corrected chi connectivity index (χ0v) is 21.4. The Morgan fingerprint density at radius 1 is 1.14 bits per heavy atom. The summed E-state index contributed by atoms with van der Waals surface area (Å²) in [5.41, 5.74) is -0.748. The maximum Gasteiger partial charge on any atom is 0.419 e. The summed E-state index contributed by atoms with van der Waals surface area (Å²) in [5, 5.41) is 7.19. The van der Waals surface area contributed by atoms with E-state index in [1.54, 1.807) is 19.2 Å². The van der Waals surface area contributed by atoms with Crippen molar-refractivity contribution in [1.29, 1.82) is 0 Å². The minimum Gasteiger partial charge on any atom is -0.351 e. The van der Waals surface area contributed by atoms with Crippen LogP contribution < -0.4 is 5.32 Å². The number of rotatable bonds is 6. The summed E-state index contributed by atoms with van der Waals surface area (Å²) in [5.74, 6) is 0.351. The fraction of sp³-hybridized carbons (Fsp3) is 0.652. The lowest BCUT2D eigenvalue weighted by Gasteiger charge is -2.39. The van der Waals surface area contributed by atoms with E-state index < -0.39 is 11.7 Å². The lowest BCUT2D eigenvalue weighted by molar-refractivity contribution is -0.137. The van der Waals surface area contributed by atoms with E-state index in [0.717, 1.165) is 57.8 Å². The zero-order valence-electron chi connectivity index (χ0n) is 20.6. The van der Waals surface area contributed by atoms with Crippen LogP contribution in [-0.2, 0) is 18.0 Å². The van der Waals surface area contributed by atoms with Gasteiger partial charge in [-0.1, -0.05) is 13.8 Å². The van der Waals surface area contributed by atoms with Crippen LogP contribution in [0.15, 0.2) is 18.6 Å². The molecule has 4 rings (SSSR count). The van der Waals surface area contributed by atoms with Crippen molar-refractivity contribution in [2.24, 2.45) is 13.0 Å². The first-order valence-electron chi connectivity index (χ1n) is 12.1. The number of halogens is 3. The monoisotopic (exact) mass is 513 g/mol. The first-order chi connectivity index (χ1) is 16.7. The minimum atomic E-state index is -4.55. The molecule has 0 aliphatic carbocycles. The van der Waals surface area contributed by atoms with Crippen LogP contribution in [-0.4, -0.2) is 66.4 Å². The Kier molecular flexibility index (Phi) is 9.54. The number of hydrogen-bond acceptors (Lipinski definition) is 8. The van der Waals surface area contributed by atoms with Gasteiger partial charge >= 0.3 is 6.18 Å². The molecule has 0 amide bonds. The Balaban J connectivity index is 0.00000167. The fourth-order valence-corrected chi connectivity index (χ4v) is 5.37. The number of aldehydes is 1. The molecule has 0 bridgehead atoms. The number of piperidine rings is 2. The van der Waals surface area contributed by atoms with Crippen LogP contribution in [0.4, 0.5) is 19.1 Å². The van der Waals surface area contributed by atoms with Crippen molar-refractivity contribution in [3.8, 4) is 11.3 Å². The van der Waals surface area contributed by atoms with E-state index in [1.165, 1.54) is 17.1 Å². The molecule has 2 fully saturated rings. The molecule has 0 saturated carbocycles. The van der Waals surface area contributed by atoms with E-state index in [0.29, 0.717) is 11.6 Å². The summed E-state index contributed by atoms with van der Waals surface area (Å²) >= 11 is 1.73. The van der Waals surface area contributed by atoms with Crippen LogP contribution in [0.25, 0.3) is 11.3 Å². The van der Waals surface area contributed by atoms with Crippen LogP contribution in [0.1, 0.15) is 52.0 Å². The third-order valence-corrected chi connectivity index (χ3v) is 7.48. The predicted molar refractivity (Wildman–Crippen MR) is 131 cm³/mol. The summed E-state index contributed by atoms with van der Waals surface area (Å²) in [6.07, 6.45) is 3.68. The SMILES string of the molecule is CC.CC1CC(C=O)CCN1SN1CCC(Nc2ncc(C(F)(F)F)c(-c3cnn(C)c3)n2)CC1. The van der Waals surface area contributed by atoms with E-state index in [9.17, 15) is 18.0 Å². The van der Waals surface area contributed by atoms with Gasteiger partial charge in [-0.3, -0.25) is 4.68 Å². The molecule has 1 N–H and O–H groups in total. The maximum atomic E-state index is 13.5. The minimum absolute atomic E-state index is 0.0820. The average molecular weight is 514 g/mol. The number of carbonyl (C=O) groups is 1. The summed E-state index contributed by atoms with van der Waals surface area (Å²) in [7, 11) is 1.65. The molecule has 0 aromatic carbocycles. The Morgan fingerprint density at radius 2 is 1.86 bits per heavy atom. The number of carbonyl (C=O) groups excluding carboxylic acids is 1. The second kappa shape index (κ2) is 12.2. The number of nitrogens with zero attached hydrogens (tertiary/aromatic N) is 6. The fourth-order valence-electron chi connectivity index (χ4n) is 4.27. The van der Waals surface area contributed by atoms with Crippen molar-refractivity contribution in [1.82, 2.24) is 28.4 Å². The van der Waals surface area contributed by atoms with Crippen molar-refractivity contribution in [3.63, 3.8) is 0 Å². The molecular formula is C23H34F3N7OS. The molecular weight excluding hydrogens is 479 g/mol. The smallest absolute Gasteiger partial charge is 0.351 e. The van der Waals surface area contributed by atoms with Crippen LogP contribution in [0.5, 0.6) is 0 Å².